The summed E-state index contributed by atoms with van der Waals surface area (Å²) in [5.74, 6) is -0.613. The van der Waals surface area contributed by atoms with Crippen LogP contribution in [0.4, 0.5) is 13.2 Å². The molecule has 0 spiro atoms. The molecule has 0 heterocycles. The van der Waals surface area contributed by atoms with Crippen molar-refractivity contribution >= 4 is 11.9 Å². The van der Waals surface area contributed by atoms with Crippen molar-refractivity contribution in [1.82, 2.24) is 4.90 Å². The second-order valence-electron chi connectivity index (χ2n) is 8.51. The molecule has 0 aliphatic heterocycles. The lowest BCUT2D eigenvalue weighted by atomic mass is 10.1. The van der Waals surface area contributed by atoms with Gasteiger partial charge in [0, 0.05) is 18.2 Å². The molecule has 1 fully saturated rings. The van der Waals surface area contributed by atoms with Crippen LogP contribution in [0.3, 0.4) is 0 Å². The molecule has 5 nitrogen and oxygen atoms in total. The standard InChI is InChI=1S/C27H24F3NO4/c28-27(29,30)22-9-7-19(8-10-22)26(34)31(23-11-12-23)16-20-3-1-2-4-21(20)17-35-24-13-5-18(6-14-24)15-25(32)33/h1-10,13-14,23H,11-12,15-17H2,(H,32,33). The van der Waals surface area contributed by atoms with Gasteiger partial charge in [-0.2, -0.15) is 13.2 Å². The summed E-state index contributed by atoms with van der Waals surface area (Å²) >= 11 is 0. The van der Waals surface area contributed by atoms with E-state index in [9.17, 15) is 22.8 Å². The monoisotopic (exact) mass is 483 g/mol. The van der Waals surface area contributed by atoms with Crippen LogP contribution in [0.1, 0.15) is 45.5 Å². The topological polar surface area (TPSA) is 66.8 Å². The maximum Gasteiger partial charge on any atom is 0.416 e. The molecule has 0 atom stereocenters. The molecule has 4 rings (SSSR count). The van der Waals surface area contributed by atoms with Gasteiger partial charge < -0.3 is 14.7 Å². The Hall–Kier alpha value is -3.81. The van der Waals surface area contributed by atoms with Gasteiger partial charge in [0.2, 0.25) is 0 Å². The fourth-order valence-electron chi connectivity index (χ4n) is 3.80. The first-order valence-electron chi connectivity index (χ1n) is 11.2. The SMILES string of the molecule is O=C(O)Cc1ccc(OCc2ccccc2CN(C(=O)c2ccc(C(F)(F)F)cc2)C2CC2)cc1. The van der Waals surface area contributed by atoms with Gasteiger partial charge in [0.15, 0.2) is 0 Å². The highest BCUT2D eigenvalue weighted by molar-refractivity contribution is 5.94. The van der Waals surface area contributed by atoms with Crippen LogP contribution in [0.5, 0.6) is 5.75 Å². The average Bonchev–Trinajstić information content (AvgIpc) is 3.67. The molecule has 0 saturated heterocycles. The maximum atomic E-state index is 13.2. The zero-order chi connectivity index (χ0) is 25.0. The Bertz CT molecular complexity index is 1190. The molecule has 0 aromatic heterocycles. The Kier molecular flexibility index (Phi) is 7.10. The summed E-state index contributed by atoms with van der Waals surface area (Å²) < 4.78 is 44.5. The smallest absolute Gasteiger partial charge is 0.416 e. The van der Waals surface area contributed by atoms with Gasteiger partial charge in [-0.05, 0) is 65.9 Å². The van der Waals surface area contributed by atoms with E-state index in [1.807, 2.05) is 24.3 Å². The van der Waals surface area contributed by atoms with E-state index in [-0.39, 0.29) is 30.5 Å². The molecule has 1 aliphatic rings. The first kappa shape index (κ1) is 24.3. The lowest BCUT2D eigenvalue weighted by Gasteiger charge is -2.24. The number of carboxylic acid groups (broad SMARTS) is 1. The minimum absolute atomic E-state index is 0.0561. The minimum Gasteiger partial charge on any atom is -0.489 e. The molecule has 1 amide bonds. The molecule has 182 valence electrons. The predicted octanol–water partition coefficient (Wildman–Crippen LogP) is 5.72. The molecular weight excluding hydrogens is 459 g/mol. The molecule has 8 heteroatoms. The van der Waals surface area contributed by atoms with Gasteiger partial charge in [0.05, 0.1) is 12.0 Å². The highest BCUT2D eigenvalue weighted by Gasteiger charge is 2.34. The van der Waals surface area contributed by atoms with Crippen LogP contribution in [0.15, 0.2) is 72.8 Å². The largest absolute Gasteiger partial charge is 0.489 e. The van der Waals surface area contributed by atoms with Crippen molar-refractivity contribution in [3.63, 3.8) is 0 Å². The van der Waals surface area contributed by atoms with Gasteiger partial charge in [-0.25, -0.2) is 0 Å². The van der Waals surface area contributed by atoms with Crippen molar-refractivity contribution in [3.05, 3.63) is 101 Å². The highest BCUT2D eigenvalue weighted by atomic mass is 19.4. The number of carboxylic acids is 1. The van der Waals surface area contributed by atoms with Crippen molar-refractivity contribution in [3.8, 4) is 5.75 Å². The normalized spacial score (nSPS) is 13.3. The predicted molar refractivity (Wildman–Crippen MR) is 123 cm³/mol. The Morgan fingerprint density at radius 1 is 0.914 bits per heavy atom. The molecular formula is C27H24F3NO4. The second-order valence-corrected chi connectivity index (χ2v) is 8.51. The summed E-state index contributed by atoms with van der Waals surface area (Å²) in [7, 11) is 0. The van der Waals surface area contributed by atoms with Gasteiger partial charge in [-0.1, -0.05) is 36.4 Å². The number of aliphatic carboxylic acids is 1. The van der Waals surface area contributed by atoms with Crippen LogP contribution >= 0.6 is 0 Å². The molecule has 1 saturated carbocycles. The van der Waals surface area contributed by atoms with E-state index in [4.69, 9.17) is 9.84 Å². The summed E-state index contributed by atoms with van der Waals surface area (Å²) in [6, 6.07) is 18.8. The molecule has 0 bridgehead atoms. The molecule has 0 unspecified atom stereocenters. The number of nitrogens with zero attached hydrogens (tertiary/aromatic N) is 1. The number of ether oxygens (including phenoxy) is 1. The van der Waals surface area contributed by atoms with Crippen LogP contribution in [0.25, 0.3) is 0 Å². The molecule has 0 radical (unpaired) electrons. The van der Waals surface area contributed by atoms with Crippen LogP contribution in [0, 0.1) is 0 Å². The number of alkyl halides is 3. The average molecular weight is 483 g/mol. The fourth-order valence-corrected chi connectivity index (χ4v) is 3.80. The Labute approximate surface area is 200 Å². The molecule has 3 aromatic rings. The third-order valence-electron chi connectivity index (χ3n) is 5.84. The van der Waals surface area contributed by atoms with E-state index in [0.717, 1.165) is 36.1 Å². The van der Waals surface area contributed by atoms with Crippen molar-refractivity contribution in [1.29, 1.82) is 0 Å². The number of benzene rings is 3. The number of hydrogen-bond acceptors (Lipinski definition) is 3. The minimum atomic E-state index is -4.45. The van der Waals surface area contributed by atoms with Crippen LogP contribution in [-0.4, -0.2) is 27.9 Å². The number of hydrogen-bond donors (Lipinski definition) is 1. The highest BCUT2D eigenvalue weighted by Crippen LogP contribution is 2.32. The first-order chi connectivity index (χ1) is 16.7. The van der Waals surface area contributed by atoms with Crippen LogP contribution in [-0.2, 0) is 30.5 Å². The van der Waals surface area contributed by atoms with E-state index in [1.54, 1.807) is 29.2 Å². The van der Waals surface area contributed by atoms with Crippen molar-refractivity contribution < 1.29 is 32.6 Å². The van der Waals surface area contributed by atoms with Crippen molar-refractivity contribution in [2.45, 2.75) is 44.6 Å². The van der Waals surface area contributed by atoms with E-state index >= 15 is 0 Å². The summed E-state index contributed by atoms with van der Waals surface area (Å²) in [4.78, 5) is 25.7. The molecule has 1 aliphatic carbocycles. The van der Waals surface area contributed by atoms with Crippen molar-refractivity contribution in [2.75, 3.05) is 0 Å². The summed E-state index contributed by atoms with van der Waals surface area (Å²) in [6.07, 6.45) is -2.80. The van der Waals surface area contributed by atoms with Gasteiger partial charge in [0.1, 0.15) is 12.4 Å². The van der Waals surface area contributed by atoms with E-state index < -0.39 is 17.7 Å². The van der Waals surface area contributed by atoms with Gasteiger partial charge in [-0.15, -0.1) is 0 Å². The maximum absolute atomic E-state index is 13.2. The van der Waals surface area contributed by atoms with E-state index in [2.05, 4.69) is 0 Å². The Morgan fingerprint density at radius 2 is 1.54 bits per heavy atom. The van der Waals surface area contributed by atoms with Gasteiger partial charge in [-0.3, -0.25) is 9.59 Å². The molecule has 35 heavy (non-hydrogen) atoms. The molecule has 3 aromatic carbocycles. The number of carbonyl (C=O) groups excluding carboxylic acids is 1. The van der Waals surface area contributed by atoms with Crippen LogP contribution in [0.2, 0.25) is 0 Å². The quantitative estimate of drug-likeness (QED) is 0.423. The molecule has 1 N–H and O–H groups in total. The Balaban J connectivity index is 1.46. The van der Waals surface area contributed by atoms with Crippen LogP contribution < -0.4 is 4.74 Å². The number of carbonyl (C=O) groups is 2. The summed E-state index contributed by atoms with van der Waals surface area (Å²) in [5, 5.41) is 8.89. The lowest BCUT2D eigenvalue weighted by Crippen LogP contribution is -2.33. The third kappa shape index (κ3) is 6.41. The first-order valence-corrected chi connectivity index (χ1v) is 11.2. The van der Waals surface area contributed by atoms with E-state index in [1.165, 1.54) is 12.1 Å². The lowest BCUT2D eigenvalue weighted by molar-refractivity contribution is -0.138. The zero-order valence-corrected chi connectivity index (χ0v) is 18.8. The van der Waals surface area contributed by atoms with E-state index in [0.29, 0.717) is 17.9 Å². The third-order valence-corrected chi connectivity index (χ3v) is 5.84. The fraction of sp³-hybridized carbons (Fsp3) is 0.259. The number of amides is 1. The van der Waals surface area contributed by atoms with Crippen molar-refractivity contribution in [2.24, 2.45) is 0 Å². The van der Waals surface area contributed by atoms with Gasteiger partial charge in [0.25, 0.3) is 5.91 Å². The summed E-state index contributed by atoms with van der Waals surface area (Å²) in [5.41, 5.74) is 1.88. The number of halogens is 3. The number of rotatable bonds is 9. The zero-order valence-electron chi connectivity index (χ0n) is 18.8. The Morgan fingerprint density at radius 3 is 2.11 bits per heavy atom. The van der Waals surface area contributed by atoms with Gasteiger partial charge >= 0.3 is 12.1 Å². The second kappa shape index (κ2) is 10.2. The summed E-state index contributed by atoms with van der Waals surface area (Å²) in [6.45, 7) is 0.572.